The number of hydrogen-bond donors (Lipinski definition) is 1. The van der Waals surface area contributed by atoms with Crippen LogP contribution in [0.5, 0.6) is 0 Å². The van der Waals surface area contributed by atoms with E-state index in [1.165, 1.54) is 6.20 Å². The fourth-order valence-corrected chi connectivity index (χ4v) is 2.05. The molecule has 0 spiro atoms. The molecule has 22 heavy (non-hydrogen) atoms. The molecule has 2 aromatic heterocycles. The number of Topliss-reactive ketones (excluding diaryl/α,β-unsaturated/α-hetero) is 1. The number of rotatable bonds is 8. The molecule has 2 heterocycles. The molecular formula is C17H19N3O2. The SMILES string of the molecule is O=C(CCC(=O)c1cccnc1)NCCCc1cccnc1. The van der Waals surface area contributed by atoms with Gasteiger partial charge in [0.1, 0.15) is 0 Å². The maximum absolute atomic E-state index is 11.8. The van der Waals surface area contributed by atoms with E-state index in [9.17, 15) is 9.59 Å². The summed E-state index contributed by atoms with van der Waals surface area (Å²) in [7, 11) is 0. The number of nitrogens with zero attached hydrogens (tertiary/aromatic N) is 2. The number of carbonyl (C=O) groups is 2. The zero-order chi connectivity index (χ0) is 15.6. The lowest BCUT2D eigenvalue weighted by atomic mass is 10.1. The van der Waals surface area contributed by atoms with Crippen LogP contribution in [-0.2, 0) is 11.2 Å². The molecule has 2 rings (SSSR count). The Morgan fingerprint density at radius 1 is 1.00 bits per heavy atom. The molecule has 0 aliphatic heterocycles. The summed E-state index contributed by atoms with van der Waals surface area (Å²) in [6, 6.07) is 7.34. The Hall–Kier alpha value is -2.56. The molecule has 0 unspecified atom stereocenters. The summed E-state index contributed by atoms with van der Waals surface area (Å²) < 4.78 is 0. The van der Waals surface area contributed by atoms with Gasteiger partial charge in [-0.15, -0.1) is 0 Å². The molecule has 1 amide bonds. The number of aromatic nitrogens is 2. The molecule has 0 fully saturated rings. The second-order valence-corrected chi connectivity index (χ2v) is 4.98. The fourth-order valence-electron chi connectivity index (χ4n) is 2.05. The van der Waals surface area contributed by atoms with Crippen LogP contribution in [0.4, 0.5) is 0 Å². The van der Waals surface area contributed by atoms with Gasteiger partial charge in [-0.25, -0.2) is 0 Å². The van der Waals surface area contributed by atoms with Crippen molar-refractivity contribution in [1.29, 1.82) is 0 Å². The number of carbonyl (C=O) groups excluding carboxylic acids is 2. The van der Waals surface area contributed by atoms with Crippen molar-refractivity contribution in [3.05, 3.63) is 60.2 Å². The number of pyridine rings is 2. The average molecular weight is 297 g/mol. The summed E-state index contributed by atoms with van der Waals surface area (Å²) >= 11 is 0. The number of nitrogens with one attached hydrogen (secondary N) is 1. The van der Waals surface area contributed by atoms with Gasteiger partial charge in [0.05, 0.1) is 0 Å². The van der Waals surface area contributed by atoms with Gasteiger partial charge in [0.15, 0.2) is 5.78 Å². The third-order valence-corrected chi connectivity index (χ3v) is 3.25. The first-order chi connectivity index (χ1) is 10.8. The van der Waals surface area contributed by atoms with Crippen molar-refractivity contribution in [3.8, 4) is 0 Å². The van der Waals surface area contributed by atoms with Gasteiger partial charge in [-0.05, 0) is 36.6 Å². The summed E-state index contributed by atoms with van der Waals surface area (Å²) in [6.07, 6.45) is 8.86. The Kier molecular flexibility index (Phi) is 6.23. The molecule has 0 saturated carbocycles. The molecule has 1 N–H and O–H groups in total. The third-order valence-electron chi connectivity index (χ3n) is 3.25. The summed E-state index contributed by atoms with van der Waals surface area (Å²) in [5, 5.41) is 2.83. The minimum atomic E-state index is -0.0940. The molecule has 0 aliphatic carbocycles. The Morgan fingerprint density at radius 2 is 1.77 bits per heavy atom. The fraction of sp³-hybridized carbons (Fsp3) is 0.294. The van der Waals surface area contributed by atoms with Crippen molar-refractivity contribution in [1.82, 2.24) is 15.3 Å². The van der Waals surface area contributed by atoms with E-state index in [1.54, 1.807) is 24.5 Å². The van der Waals surface area contributed by atoms with Gasteiger partial charge >= 0.3 is 0 Å². The first-order valence-electron chi connectivity index (χ1n) is 7.34. The number of hydrogen-bond acceptors (Lipinski definition) is 4. The number of ketones is 1. The van der Waals surface area contributed by atoms with E-state index in [4.69, 9.17) is 0 Å². The largest absolute Gasteiger partial charge is 0.356 e. The Bertz CT molecular complexity index is 600. The maximum Gasteiger partial charge on any atom is 0.220 e. The van der Waals surface area contributed by atoms with Gasteiger partial charge in [-0.2, -0.15) is 0 Å². The van der Waals surface area contributed by atoms with Crippen molar-refractivity contribution in [2.75, 3.05) is 6.54 Å². The molecule has 0 aliphatic rings. The van der Waals surface area contributed by atoms with E-state index >= 15 is 0 Å². The monoisotopic (exact) mass is 297 g/mol. The van der Waals surface area contributed by atoms with Crippen LogP contribution in [-0.4, -0.2) is 28.2 Å². The van der Waals surface area contributed by atoms with Crippen LogP contribution in [0.3, 0.4) is 0 Å². The second-order valence-electron chi connectivity index (χ2n) is 4.98. The predicted octanol–water partition coefficient (Wildman–Crippen LogP) is 2.19. The molecule has 0 bridgehead atoms. The van der Waals surface area contributed by atoms with Crippen LogP contribution in [0.15, 0.2) is 49.1 Å². The summed E-state index contributed by atoms with van der Waals surface area (Å²) in [5.41, 5.74) is 1.70. The predicted molar refractivity (Wildman–Crippen MR) is 83.4 cm³/mol. The highest BCUT2D eigenvalue weighted by Crippen LogP contribution is 2.04. The normalized spacial score (nSPS) is 10.2. The lowest BCUT2D eigenvalue weighted by Crippen LogP contribution is -2.25. The smallest absolute Gasteiger partial charge is 0.220 e. The van der Waals surface area contributed by atoms with E-state index in [-0.39, 0.29) is 24.5 Å². The Morgan fingerprint density at radius 3 is 2.45 bits per heavy atom. The molecule has 5 heteroatoms. The van der Waals surface area contributed by atoms with Gasteiger partial charge in [0.25, 0.3) is 0 Å². The van der Waals surface area contributed by atoms with Gasteiger partial charge in [-0.3, -0.25) is 19.6 Å². The Balaban J connectivity index is 1.61. The highest BCUT2D eigenvalue weighted by Gasteiger charge is 2.08. The lowest BCUT2D eigenvalue weighted by molar-refractivity contribution is -0.121. The average Bonchev–Trinajstić information content (AvgIpc) is 2.58. The van der Waals surface area contributed by atoms with Crippen LogP contribution < -0.4 is 5.32 Å². The summed E-state index contributed by atoms with van der Waals surface area (Å²) in [5.74, 6) is -0.151. The van der Waals surface area contributed by atoms with E-state index in [0.29, 0.717) is 12.1 Å². The minimum absolute atomic E-state index is 0.0568. The highest BCUT2D eigenvalue weighted by atomic mass is 16.2. The third kappa shape index (κ3) is 5.44. The zero-order valence-electron chi connectivity index (χ0n) is 12.4. The summed E-state index contributed by atoms with van der Waals surface area (Å²) in [6.45, 7) is 0.606. The van der Waals surface area contributed by atoms with E-state index in [0.717, 1.165) is 18.4 Å². The Labute approximate surface area is 129 Å². The van der Waals surface area contributed by atoms with Crippen LogP contribution in [0, 0.1) is 0 Å². The van der Waals surface area contributed by atoms with Gasteiger partial charge in [0.2, 0.25) is 5.91 Å². The molecule has 0 aromatic carbocycles. The van der Waals surface area contributed by atoms with Crippen LogP contribution >= 0.6 is 0 Å². The molecule has 5 nitrogen and oxygen atoms in total. The van der Waals surface area contributed by atoms with Gasteiger partial charge in [0, 0.05) is 49.7 Å². The first kappa shape index (κ1) is 15.8. The minimum Gasteiger partial charge on any atom is -0.356 e. The number of aryl methyl sites for hydroxylation is 1. The molecule has 0 saturated heterocycles. The van der Waals surface area contributed by atoms with Crippen molar-refractivity contribution < 1.29 is 9.59 Å². The van der Waals surface area contributed by atoms with Crippen LogP contribution in [0.1, 0.15) is 35.2 Å². The molecule has 2 aromatic rings. The van der Waals surface area contributed by atoms with Crippen LogP contribution in [0.25, 0.3) is 0 Å². The van der Waals surface area contributed by atoms with Crippen molar-refractivity contribution >= 4 is 11.7 Å². The zero-order valence-corrected chi connectivity index (χ0v) is 12.4. The maximum atomic E-state index is 11.8. The quantitative estimate of drug-likeness (QED) is 0.599. The van der Waals surface area contributed by atoms with Crippen LogP contribution in [0.2, 0.25) is 0 Å². The van der Waals surface area contributed by atoms with Crippen molar-refractivity contribution in [3.63, 3.8) is 0 Å². The molecule has 114 valence electrons. The molecule has 0 radical (unpaired) electrons. The second kappa shape index (κ2) is 8.67. The highest BCUT2D eigenvalue weighted by molar-refractivity contribution is 5.97. The topological polar surface area (TPSA) is 72.0 Å². The van der Waals surface area contributed by atoms with Gasteiger partial charge in [-0.1, -0.05) is 6.07 Å². The molecule has 0 atom stereocenters. The van der Waals surface area contributed by atoms with Crippen molar-refractivity contribution in [2.24, 2.45) is 0 Å². The first-order valence-corrected chi connectivity index (χ1v) is 7.34. The summed E-state index contributed by atoms with van der Waals surface area (Å²) in [4.78, 5) is 31.5. The molecular weight excluding hydrogens is 278 g/mol. The number of amides is 1. The standard InChI is InChI=1S/C17H19N3O2/c21-16(15-6-3-10-19-13-15)7-8-17(22)20-11-2-5-14-4-1-9-18-12-14/h1,3-4,6,9-10,12-13H,2,5,7-8,11H2,(H,20,22). The van der Waals surface area contributed by atoms with Gasteiger partial charge < -0.3 is 5.32 Å². The van der Waals surface area contributed by atoms with E-state index < -0.39 is 0 Å². The lowest BCUT2D eigenvalue weighted by Gasteiger charge is -2.05. The van der Waals surface area contributed by atoms with Crippen molar-refractivity contribution in [2.45, 2.75) is 25.7 Å². The van der Waals surface area contributed by atoms with E-state index in [2.05, 4.69) is 15.3 Å². The van der Waals surface area contributed by atoms with E-state index in [1.807, 2.05) is 18.3 Å².